The van der Waals surface area contributed by atoms with Crippen molar-refractivity contribution in [2.45, 2.75) is 6.42 Å². The van der Waals surface area contributed by atoms with Crippen molar-refractivity contribution in [3.8, 4) is 22.8 Å². The Morgan fingerprint density at radius 2 is 1.87 bits per heavy atom. The second-order valence-corrected chi connectivity index (χ2v) is 7.09. The zero-order chi connectivity index (χ0) is 21.2. The van der Waals surface area contributed by atoms with E-state index >= 15 is 0 Å². The van der Waals surface area contributed by atoms with Gasteiger partial charge in [0.25, 0.3) is 0 Å². The summed E-state index contributed by atoms with van der Waals surface area (Å²) >= 11 is 0. The SMILES string of the molecule is COc1ccc(CCNc2c(-c3ccc4nccn4c3)nc3cnccn23)cc1OC. The van der Waals surface area contributed by atoms with Gasteiger partial charge in [-0.3, -0.25) is 9.38 Å². The van der Waals surface area contributed by atoms with Gasteiger partial charge in [-0.25, -0.2) is 9.97 Å². The number of nitrogens with zero attached hydrogens (tertiary/aromatic N) is 5. The zero-order valence-electron chi connectivity index (χ0n) is 17.3. The topological polar surface area (TPSA) is 78.0 Å². The van der Waals surface area contributed by atoms with Gasteiger partial charge in [-0.15, -0.1) is 0 Å². The van der Waals surface area contributed by atoms with Gasteiger partial charge in [0, 0.05) is 43.1 Å². The maximum atomic E-state index is 5.42. The maximum Gasteiger partial charge on any atom is 0.160 e. The Labute approximate surface area is 179 Å². The highest BCUT2D eigenvalue weighted by Gasteiger charge is 2.15. The molecule has 0 saturated heterocycles. The van der Waals surface area contributed by atoms with Crippen molar-refractivity contribution in [3.63, 3.8) is 0 Å². The Bertz CT molecular complexity index is 1360. The normalized spacial score (nSPS) is 11.2. The summed E-state index contributed by atoms with van der Waals surface area (Å²) in [7, 11) is 3.29. The van der Waals surface area contributed by atoms with Gasteiger partial charge >= 0.3 is 0 Å². The molecule has 4 aromatic heterocycles. The molecule has 156 valence electrons. The van der Waals surface area contributed by atoms with Crippen molar-refractivity contribution in [2.75, 3.05) is 26.1 Å². The Morgan fingerprint density at radius 3 is 2.74 bits per heavy atom. The number of hydrogen-bond acceptors (Lipinski definition) is 6. The van der Waals surface area contributed by atoms with Gasteiger partial charge in [0.05, 0.1) is 20.4 Å². The van der Waals surface area contributed by atoms with Crippen LogP contribution in [0, 0.1) is 0 Å². The highest BCUT2D eigenvalue weighted by molar-refractivity contribution is 5.76. The number of hydrogen-bond donors (Lipinski definition) is 1. The molecule has 0 radical (unpaired) electrons. The van der Waals surface area contributed by atoms with Crippen LogP contribution < -0.4 is 14.8 Å². The molecule has 4 heterocycles. The summed E-state index contributed by atoms with van der Waals surface area (Å²) in [6, 6.07) is 10.0. The van der Waals surface area contributed by atoms with Gasteiger partial charge in [-0.2, -0.15) is 0 Å². The predicted molar refractivity (Wildman–Crippen MR) is 119 cm³/mol. The van der Waals surface area contributed by atoms with E-state index in [4.69, 9.17) is 14.5 Å². The molecule has 0 saturated carbocycles. The number of rotatable bonds is 7. The molecule has 8 nitrogen and oxygen atoms in total. The highest BCUT2D eigenvalue weighted by atomic mass is 16.5. The standard InChI is InChI=1S/C23H22N6O2/c1-30-18-5-3-16(13-19(18)31-2)7-8-26-23-22(27-21-14-24-9-12-29(21)23)17-4-6-20-25-10-11-28(20)15-17/h3-6,9-15,26H,7-8H2,1-2H3. The molecular weight excluding hydrogens is 392 g/mol. The van der Waals surface area contributed by atoms with Crippen molar-refractivity contribution < 1.29 is 9.47 Å². The number of fused-ring (bicyclic) bond motifs is 2. The van der Waals surface area contributed by atoms with Crippen molar-refractivity contribution in [3.05, 3.63) is 73.1 Å². The molecule has 0 aliphatic heterocycles. The van der Waals surface area contributed by atoms with Crippen LogP contribution in [0.5, 0.6) is 11.5 Å². The number of benzene rings is 1. The third kappa shape index (κ3) is 3.52. The number of nitrogens with one attached hydrogen (secondary N) is 1. The molecule has 0 atom stereocenters. The average molecular weight is 414 g/mol. The number of methoxy groups -OCH3 is 2. The fourth-order valence-corrected chi connectivity index (χ4v) is 3.70. The van der Waals surface area contributed by atoms with Gasteiger partial charge in [0.15, 0.2) is 17.1 Å². The molecule has 5 rings (SSSR count). The fourth-order valence-electron chi connectivity index (χ4n) is 3.70. The number of imidazole rings is 2. The van der Waals surface area contributed by atoms with Gasteiger partial charge in [0.1, 0.15) is 17.2 Å². The van der Waals surface area contributed by atoms with Crippen LogP contribution in [0.3, 0.4) is 0 Å². The predicted octanol–water partition coefficient (Wildman–Crippen LogP) is 3.72. The molecule has 5 aromatic rings. The molecule has 0 spiro atoms. The molecule has 0 aliphatic carbocycles. The third-order valence-electron chi connectivity index (χ3n) is 5.25. The first-order valence-corrected chi connectivity index (χ1v) is 9.97. The van der Waals surface area contributed by atoms with Gasteiger partial charge < -0.3 is 19.2 Å². The van der Waals surface area contributed by atoms with E-state index in [1.165, 1.54) is 0 Å². The van der Waals surface area contributed by atoms with Crippen LogP contribution in [-0.2, 0) is 6.42 Å². The van der Waals surface area contributed by atoms with E-state index in [1.54, 1.807) is 32.8 Å². The summed E-state index contributed by atoms with van der Waals surface area (Å²) < 4.78 is 14.8. The van der Waals surface area contributed by atoms with Gasteiger partial charge in [-0.05, 0) is 36.2 Å². The molecule has 1 aromatic carbocycles. The van der Waals surface area contributed by atoms with Crippen LogP contribution in [-0.4, -0.2) is 44.5 Å². The van der Waals surface area contributed by atoms with Crippen LogP contribution in [0.1, 0.15) is 5.56 Å². The molecule has 0 fully saturated rings. The van der Waals surface area contributed by atoms with Crippen LogP contribution in [0.15, 0.2) is 67.5 Å². The van der Waals surface area contributed by atoms with Crippen molar-refractivity contribution in [1.82, 2.24) is 23.8 Å². The lowest BCUT2D eigenvalue weighted by Crippen LogP contribution is -2.08. The molecule has 0 unspecified atom stereocenters. The zero-order valence-corrected chi connectivity index (χ0v) is 17.3. The number of anilines is 1. The molecule has 8 heteroatoms. The molecule has 0 bridgehead atoms. The van der Waals surface area contributed by atoms with Crippen LogP contribution in [0.4, 0.5) is 5.82 Å². The molecular formula is C23H22N6O2. The minimum Gasteiger partial charge on any atom is -0.493 e. The first-order chi connectivity index (χ1) is 15.3. The summed E-state index contributed by atoms with van der Waals surface area (Å²) in [4.78, 5) is 13.4. The summed E-state index contributed by atoms with van der Waals surface area (Å²) in [6.07, 6.45) is 12.0. The van der Waals surface area contributed by atoms with E-state index in [2.05, 4.69) is 21.4 Å². The quantitative estimate of drug-likeness (QED) is 0.437. The first-order valence-electron chi connectivity index (χ1n) is 9.97. The number of ether oxygens (including phenoxy) is 2. The highest BCUT2D eigenvalue weighted by Crippen LogP contribution is 2.30. The molecule has 0 aliphatic rings. The van der Waals surface area contributed by atoms with E-state index in [9.17, 15) is 0 Å². The van der Waals surface area contributed by atoms with Gasteiger partial charge in [-0.1, -0.05) is 6.07 Å². The van der Waals surface area contributed by atoms with E-state index in [0.29, 0.717) is 0 Å². The van der Waals surface area contributed by atoms with E-state index < -0.39 is 0 Å². The van der Waals surface area contributed by atoms with Crippen molar-refractivity contribution in [2.24, 2.45) is 0 Å². The lowest BCUT2D eigenvalue weighted by molar-refractivity contribution is 0.354. The second-order valence-electron chi connectivity index (χ2n) is 7.09. The summed E-state index contributed by atoms with van der Waals surface area (Å²) in [6.45, 7) is 0.728. The summed E-state index contributed by atoms with van der Waals surface area (Å²) in [5, 5.41) is 3.57. The number of aromatic nitrogens is 5. The molecule has 31 heavy (non-hydrogen) atoms. The smallest absolute Gasteiger partial charge is 0.160 e. The van der Waals surface area contributed by atoms with E-state index in [-0.39, 0.29) is 0 Å². The van der Waals surface area contributed by atoms with E-state index in [1.807, 2.05) is 51.7 Å². The molecule has 1 N–H and O–H groups in total. The molecule has 0 amide bonds. The Morgan fingerprint density at radius 1 is 0.968 bits per heavy atom. The minimum absolute atomic E-state index is 0.727. The monoisotopic (exact) mass is 414 g/mol. The Balaban J connectivity index is 1.44. The second kappa shape index (κ2) is 7.98. The first kappa shape index (κ1) is 18.9. The lowest BCUT2D eigenvalue weighted by Gasteiger charge is -2.11. The van der Waals surface area contributed by atoms with Crippen LogP contribution >= 0.6 is 0 Å². The van der Waals surface area contributed by atoms with Crippen LogP contribution in [0.2, 0.25) is 0 Å². The van der Waals surface area contributed by atoms with E-state index in [0.717, 1.165) is 58.4 Å². The number of pyridine rings is 1. The van der Waals surface area contributed by atoms with Gasteiger partial charge in [0.2, 0.25) is 0 Å². The average Bonchev–Trinajstić information content (AvgIpc) is 3.43. The Kier molecular flexibility index (Phi) is 4.87. The fraction of sp³-hybridized carbons (Fsp3) is 0.174. The third-order valence-corrected chi connectivity index (χ3v) is 5.25. The minimum atomic E-state index is 0.727. The summed E-state index contributed by atoms with van der Waals surface area (Å²) in [5.41, 5.74) is 4.72. The summed E-state index contributed by atoms with van der Waals surface area (Å²) in [5.74, 6) is 2.39. The van der Waals surface area contributed by atoms with Crippen molar-refractivity contribution in [1.29, 1.82) is 0 Å². The van der Waals surface area contributed by atoms with Crippen molar-refractivity contribution >= 4 is 17.1 Å². The largest absolute Gasteiger partial charge is 0.493 e. The maximum absolute atomic E-state index is 5.42. The Hall–Kier alpha value is -4.07. The lowest BCUT2D eigenvalue weighted by atomic mass is 10.1. The van der Waals surface area contributed by atoms with Crippen LogP contribution in [0.25, 0.3) is 22.6 Å².